The molecule has 1 aliphatic carbocycles. The standard InChI is InChI=1S/C17H16O3/c1-2-16(17(18)19)20-13-7-8-15-12(10-13)9-11-5-3-4-6-14(11)15/h3-8,10,16H,2,9H2,1H3,(H,18,19). The van der Waals surface area contributed by atoms with Crippen LogP contribution in [-0.4, -0.2) is 17.2 Å². The molecule has 1 unspecified atom stereocenters. The van der Waals surface area contributed by atoms with Crippen LogP contribution in [0.15, 0.2) is 42.5 Å². The van der Waals surface area contributed by atoms with Crippen LogP contribution in [0.3, 0.4) is 0 Å². The molecule has 1 atom stereocenters. The summed E-state index contributed by atoms with van der Waals surface area (Å²) in [5.41, 5.74) is 4.99. The van der Waals surface area contributed by atoms with E-state index in [9.17, 15) is 4.79 Å². The SMILES string of the molecule is CCC(Oc1ccc2c(c1)Cc1ccccc1-2)C(=O)O. The Morgan fingerprint density at radius 2 is 1.95 bits per heavy atom. The van der Waals surface area contributed by atoms with Crippen molar-refractivity contribution in [3.63, 3.8) is 0 Å². The lowest BCUT2D eigenvalue weighted by atomic mass is 10.1. The highest BCUT2D eigenvalue weighted by atomic mass is 16.5. The van der Waals surface area contributed by atoms with Gasteiger partial charge in [0.1, 0.15) is 5.75 Å². The van der Waals surface area contributed by atoms with Crippen molar-refractivity contribution in [1.29, 1.82) is 0 Å². The molecule has 0 spiro atoms. The van der Waals surface area contributed by atoms with Gasteiger partial charge in [-0.25, -0.2) is 4.79 Å². The van der Waals surface area contributed by atoms with E-state index in [2.05, 4.69) is 12.1 Å². The summed E-state index contributed by atoms with van der Waals surface area (Å²) in [7, 11) is 0. The fourth-order valence-corrected chi connectivity index (χ4v) is 2.67. The highest BCUT2D eigenvalue weighted by molar-refractivity contribution is 5.77. The summed E-state index contributed by atoms with van der Waals surface area (Å²) in [5.74, 6) is -0.290. The summed E-state index contributed by atoms with van der Waals surface area (Å²) in [6, 6.07) is 14.2. The van der Waals surface area contributed by atoms with E-state index in [0.29, 0.717) is 12.2 Å². The molecule has 0 aliphatic heterocycles. The van der Waals surface area contributed by atoms with E-state index >= 15 is 0 Å². The first kappa shape index (κ1) is 12.7. The first-order valence-corrected chi connectivity index (χ1v) is 6.79. The molecule has 20 heavy (non-hydrogen) atoms. The summed E-state index contributed by atoms with van der Waals surface area (Å²) in [5, 5.41) is 9.04. The second kappa shape index (κ2) is 5.00. The molecule has 3 rings (SSSR count). The maximum Gasteiger partial charge on any atom is 0.344 e. The Balaban J connectivity index is 1.89. The Kier molecular flexibility index (Phi) is 3.18. The van der Waals surface area contributed by atoms with Gasteiger partial charge in [-0.1, -0.05) is 37.3 Å². The van der Waals surface area contributed by atoms with E-state index in [1.165, 1.54) is 22.3 Å². The molecule has 102 valence electrons. The molecule has 2 aromatic rings. The third-order valence-corrected chi connectivity index (χ3v) is 3.69. The van der Waals surface area contributed by atoms with Crippen LogP contribution in [-0.2, 0) is 11.2 Å². The summed E-state index contributed by atoms with van der Waals surface area (Å²) >= 11 is 0. The van der Waals surface area contributed by atoms with E-state index in [4.69, 9.17) is 9.84 Å². The number of carbonyl (C=O) groups is 1. The Labute approximate surface area is 117 Å². The number of fused-ring (bicyclic) bond motifs is 3. The van der Waals surface area contributed by atoms with E-state index in [1.807, 2.05) is 37.3 Å². The van der Waals surface area contributed by atoms with Gasteiger partial charge in [0.15, 0.2) is 6.10 Å². The van der Waals surface area contributed by atoms with Crippen molar-refractivity contribution in [3.05, 3.63) is 53.6 Å². The quantitative estimate of drug-likeness (QED) is 0.787. The highest BCUT2D eigenvalue weighted by Gasteiger charge is 2.20. The lowest BCUT2D eigenvalue weighted by Gasteiger charge is -2.14. The molecule has 0 aromatic heterocycles. The van der Waals surface area contributed by atoms with Crippen LogP contribution in [0.4, 0.5) is 0 Å². The zero-order chi connectivity index (χ0) is 14.1. The minimum atomic E-state index is -0.920. The molecule has 1 aliphatic rings. The Morgan fingerprint density at radius 3 is 2.70 bits per heavy atom. The molecular formula is C17H16O3. The number of carboxylic acids is 1. The topological polar surface area (TPSA) is 46.5 Å². The van der Waals surface area contributed by atoms with Crippen LogP contribution in [0, 0.1) is 0 Å². The zero-order valence-electron chi connectivity index (χ0n) is 11.3. The Morgan fingerprint density at radius 1 is 1.20 bits per heavy atom. The molecule has 0 saturated carbocycles. The first-order valence-electron chi connectivity index (χ1n) is 6.79. The van der Waals surface area contributed by atoms with E-state index in [1.54, 1.807) is 0 Å². The van der Waals surface area contributed by atoms with Gasteiger partial charge in [0.2, 0.25) is 0 Å². The molecule has 0 bridgehead atoms. The highest BCUT2D eigenvalue weighted by Crippen LogP contribution is 2.38. The molecule has 0 radical (unpaired) electrons. The number of aliphatic carboxylic acids is 1. The van der Waals surface area contributed by atoms with Crippen molar-refractivity contribution in [2.45, 2.75) is 25.9 Å². The van der Waals surface area contributed by atoms with Crippen molar-refractivity contribution < 1.29 is 14.6 Å². The largest absolute Gasteiger partial charge is 0.479 e. The average Bonchev–Trinajstić information content (AvgIpc) is 2.82. The lowest BCUT2D eigenvalue weighted by Crippen LogP contribution is -2.25. The molecule has 3 heteroatoms. The third kappa shape index (κ3) is 2.16. The molecular weight excluding hydrogens is 252 g/mol. The normalized spacial score (nSPS) is 13.4. The molecule has 0 heterocycles. The van der Waals surface area contributed by atoms with Gasteiger partial charge in [0, 0.05) is 0 Å². The summed E-state index contributed by atoms with van der Waals surface area (Å²) in [4.78, 5) is 11.0. The summed E-state index contributed by atoms with van der Waals surface area (Å²) < 4.78 is 5.55. The number of hydrogen-bond donors (Lipinski definition) is 1. The molecule has 1 N–H and O–H groups in total. The van der Waals surface area contributed by atoms with Gasteiger partial charge in [-0.2, -0.15) is 0 Å². The van der Waals surface area contributed by atoms with Gasteiger partial charge in [-0.15, -0.1) is 0 Å². The van der Waals surface area contributed by atoms with Crippen LogP contribution in [0.25, 0.3) is 11.1 Å². The minimum Gasteiger partial charge on any atom is -0.479 e. The zero-order valence-corrected chi connectivity index (χ0v) is 11.3. The number of ether oxygens (including phenoxy) is 1. The maximum absolute atomic E-state index is 11.0. The fourth-order valence-electron chi connectivity index (χ4n) is 2.67. The molecule has 0 fully saturated rings. The van der Waals surface area contributed by atoms with Gasteiger partial charge < -0.3 is 9.84 Å². The number of benzene rings is 2. The van der Waals surface area contributed by atoms with Crippen molar-refractivity contribution in [2.24, 2.45) is 0 Å². The van der Waals surface area contributed by atoms with E-state index in [0.717, 1.165) is 6.42 Å². The predicted molar refractivity (Wildman–Crippen MR) is 77.0 cm³/mol. The predicted octanol–water partition coefficient (Wildman–Crippen LogP) is 3.50. The van der Waals surface area contributed by atoms with Crippen molar-refractivity contribution in [1.82, 2.24) is 0 Å². The van der Waals surface area contributed by atoms with Crippen molar-refractivity contribution in [3.8, 4) is 16.9 Å². The third-order valence-electron chi connectivity index (χ3n) is 3.69. The summed E-state index contributed by atoms with van der Waals surface area (Å²) in [6.45, 7) is 1.81. The van der Waals surface area contributed by atoms with Crippen LogP contribution in [0.5, 0.6) is 5.75 Å². The monoisotopic (exact) mass is 268 g/mol. The van der Waals surface area contributed by atoms with Gasteiger partial charge >= 0.3 is 5.97 Å². The smallest absolute Gasteiger partial charge is 0.344 e. The van der Waals surface area contributed by atoms with Gasteiger partial charge in [0.05, 0.1) is 0 Å². The maximum atomic E-state index is 11.0. The van der Waals surface area contributed by atoms with Crippen LogP contribution in [0.1, 0.15) is 24.5 Å². The van der Waals surface area contributed by atoms with Crippen LogP contribution >= 0.6 is 0 Å². The van der Waals surface area contributed by atoms with E-state index in [-0.39, 0.29) is 0 Å². The second-order valence-corrected chi connectivity index (χ2v) is 5.01. The second-order valence-electron chi connectivity index (χ2n) is 5.01. The van der Waals surface area contributed by atoms with Crippen molar-refractivity contribution >= 4 is 5.97 Å². The molecule has 0 amide bonds. The molecule has 0 saturated heterocycles. The fraction of sp³-hybridized carbons (Fsp3) is 0.235. The van der Waals surface area contributed by atoms with Gasteiger partial charge in [0.25, 0.3) is 0 Å². The molecule has 3 nitrogen and oxygen atoms in total. The lowest BCUT2D eigenvalue weighted by molar-refractivity contribution is -0.145. The van der Waals surface area contributed by atoms with Gasteiger partial charge in [-0.3, -0.25) is 0 Å². The Bertz CT molecular complexity index is 661. The van der Waals surface area contributed by atoms with E-state index < -0.39 is 12.1 Å². The van der Waals surface area contributed by atoms with Crippen LogP contribution < -0.4 is 4.74 Å². The summed E-state index contributed by atoms with van der Waals surface area (Å²) in [6.07, 6.45) is 0.552. The Hall–Kier alpha value is -2.29. The minimum absolute atomic E-state index is 0.451. The molecule has 2 aromatic carbocycles. The van der Waals surface area contributed by atoms with Gasteiger partial charge in [-0.05, 0) is 47.2 Å². The number of rotatable bonds is 4. The van der Waals surface area contributed by atoms with Crippen LogP contribution in [0.2, 0.25) is 0 Å². The number of hydrogen-bond acceptors (Lipinski definition) is 2. The average molecular weight is 268 g/mol. The van der Waals surface area contributed by atoms with Crippen molar-refractivity contribution in [2.75, 3.05) is 0 Å². The first-order chi connectivity index (χ1) is 9.69. The number of carboxylic acid groups (broad SMARTS) is 1.